The molecule has 2 aromatic carbocycles. The number of aromatic hydroxyl groups is 1. The third kappa shape index (κ3) is 3.08. The Bertz CT molecular complexity index is 836. The number of nitrogens with zero attached hydrogens (tertiary/aromatic N) is 2. The Morgan fingerprint density at radius 1 is 1.00 bits per heavy atom. The monoisotopic (exact) mass is 327 g/mol. The average molecular weight is 328 g/mol. The van der Waals surface area contributed by atoms with Crippen LogP contribution in [0.2, 0.25) is 5.02 Å². The van der Waals surface area contributed by atoms with Gasteiger partial charge in [0, 0.05) is 16.1 Å². The number of phenolic OH excluding ortho intramolecular Hbond substituents is 1. The Labute approximate surface area is 140 Å². The largest absolute Gasteiger partial charge is 0.507 e. The summed E-state index contributed by atoms with van der Waals surface area (Å²) >= 11 is 6.14. The number of phenols is 1. The molecule has 0 aliphatic rings. The zero-order valence-corrected chi connectivity index (χ0v) is 14.0. The van der Waals surface area contributed by atoms with Gasteiger partial charge in [0.05, 0.1) is 6.20 Å². The molecule has 0 amide bonds. The quantitative estimate of drug-likeness (QED) is 0.711. The van der Waals surface area contributed by atoms with Crippen LogP contribution in [-0.4, -0.2) is 20.5 Å². The summed E-state index contributed by atoms with van der Waals surface area (Å²) < 4.78 is 0. The van der Waals surface area contributed by atoms with E-state index >= 15 is 0 Å². The molecule has 4 nitrogen and oxygen atoms in total. The molecule has 0 aliphatic carbocycles. The summed E-state index contributed by atoms with van der Waals surface area (Å²) in [6.07, 6.45) is 1.71. The van der Waals surface area contributed by atoms with Gasteiger partial charge in [0.25, 0.3) is 0 Å². The highest BCUT2D eigenvalue weighted by Gasteiger charge is 2.18. The Morgan fingerprint density at radius 3 is 2.43 bits per heavy atom. The molecule has 0 atom stereocenters. The fourth-order valence-electron chi connectivity index (χ4n) is 2.51. The maximum absolute atomic E-state index is 10.4. The lowest BCUT2D eigenvalue weighted by Gasteiger charge is -2.21. The minimum absolute atomic E-state index is 0.0110. The van der Waals surface area contributed by atoms with Gasteiger partial charge in [-0.2, -0.15) is 0 Å². The van der Waals surface area contributed by atoms with E-state index in [9.17, 15) is 5.11 Å². The van der Waals surface area contributed by atoms with Gasteiger partial charge >= 0.3 is 0 Å². The van der Waals surface area contributed by atoms with Crippen molar-refractivity contribution in [3.63, 3.8) is 0 Å². The van der Waals surface area contributed by atoms with Crippen LogP contribution in [-0.2, 0) is 5.41 Å². The fraction of sp³-hybridized carbons (Fsp3) is 0.222. The van der Waals surface area contributed by atoms with Gasteiger partial charge in [-0.25, -0.2) is 0 Å². The molecule has 0 bridgehead atoms. The molecule has 3 rings (SSSR count). The molecule has 3 aromatic rings. The van der Waals surface area contributed by atoms with Crippen LogP contribution < -0.4 is 0 Å². The molecule has 0 unspecified atom stereocenters. The summed E-state index contributed by atoms with van der Waals surface area (Å²) in [4.78, 5) is 0. The molecule has 0 saturated carbocycles. The predicted octanol–water partition coefficient (Wildman–Crippen LogP) is 4.80. The smallest absolute Gasteiger partial charge is 0.123 e. The van der Waals surface area contributed by atoms with Gasteiger partial charge in [0.2, 0.25) is 0 Å². The summed E-state index contributed by atoms with van der Waals surface area (Å²) in [6.45, 7) is 6.43. The first-order valence-electron chi connectivity index (χ1n) is 7.36. The summed E-state index contributed by atoms with van der Waals surface area (Å²) in [6, 6.07) is 11.2. The Hall–Kier alpha value is -2.33. The first-order chi connectivity index (χ1) is 10.9. The van der Waals surface area contributed by atoms with E-state index in [1.54, 1.807) is 12.3 Å². The number of rotatable bonds is 2. The van der Waals surface area contributed by atoms with Crippen LogP contribution in [0.4, 0.5) is 0 Å². The van der Waals surface area contributed by atoms with Crippen LogP contribution >= 0.6 is 11.6 Å². The number of H-pyrrole nitrogens is 1. The molecule has 0 aliphatic heterocycles. The van der Waals surface area contributed by atoms with Crippen molar-refractivity contribution in [3.05, 3.63) is 53.2 Å². The summed E-state index contributed by atoms with van der Waals surface area (Å²) in [7, 11) is 0. The second-order valence-electron chi connectivity index (χ2n) is 6.53. The first-order valence-corrected chi connectivity index (χ1v) is 7.74. The molecular weight excluding hydrogens is 310 g/mol. The third-order valence-electron chi connectivity index (χ3n) is 3.83. The molecule has 0 radical (unpaired) electrons. The maximum atomic E-state index is 10.4. The van der Waals surface area contributed by atoms with Crippen LogP contribution in [0.1, 0.15) is 26.3 Å². The predicted molar refractivity (Wildman–Crippen MR) is 92.6 cm³/mol. The summed E-state index contributed by atoms with van der Waals surface area (Å²) in [5.41, 5.74) is 4.27. The summed E-state index contributed by atoms with van der Waals surface area (Å²) in [5.74, 6) is 0.227. The van der Waals surface area contributed by atoms with Gasteiger partial charge in [0.1, 0.15) is 11.4 Å². The van der Waals surface area contributed by atoms with Gasteiger partial charge in [0.15, 0.2) is 0 Å². The number of hydrogen-bond acceptors (Lipinski definition) is 3. The van der Waals surface area contributed by atoms with Gasteiger partial charge < -0.3 is 5.11 Å². The van der Waals surface area contributed by atoms with Crippen LogP contribution in [0, 0.1) is 0 Å². The van der Waals surface area contributed by atoms with Crippen molar-refractivity contribution in [3.8, 4) is 28.1 Å². The second kappa shape index (κ2) is 5.70. The Balaban J connectivity index is 2.24. The summed E-state index contributed by atoms with van der Waals surface area (Å²) in [5, 5.41) is 21.5. The van der Waals surface area contributed by atoms with Crippen LogP contribution in [0.25, 0.3) is 22.4 Å². The molecule has 0 fully saturated rings. The lowest BCUT2D eigenvalue weighted by atomic mass is 9.84. The van der Waals surface area contributed by atoms with E-state index < -0.39 is 0 Å². The number of hydrogen-bond donors (Lipinski definition) is 2. The standard InChI is InChI=1S/C18H18ClN3O/c1-18(2,3)11-4-7-17(23)15(8-11)13-6-5-12(19)9-14(13)16-10-20-22-21-16/h4-10,23H,1-3H3,(H,20,21,22). The molecule has 0 saturated heterocycles. The first kappa shape index (κ1) is 15.6. The molecular formula is C18H18ClN3O. The number of aromatic nitrogens is 3. The minimum Gasteiger partial charge on any atom is -0.507 e. The van der Waals surface area contributed by atoms with E-state index in [0.29, 0.717) is 10.7 Å². The van der Waals surface area contributed by atoms with E-state index in [1.165, 1.54) is 0 Å². The normalized spacial score (nSPS) is 11.7. The van der Waals surface area contributed by atoms with Gasteiger partial charge in [-0.05, 0) is 40.8 Å². The minimum atomic E-state index is -0.0110. The molecule has 5 heteroatoms. The van der Waals surface area contributed by atoms with Crippen molar-refractivity contribution in [2.24, 2.45) is 0 Å². The highest BCUT2D eigenvalue weighted by atomic mass is 35.5. The number of aromatic amines is 1. The van der Waals surface area contributed by atoms with Crippen molar-refractivity contribution in [2.75, 3.05) is 0 Å². The van der Waals surface area contributed by atoms with E-state index in [1.807, 2.05) is 30.3 Å². The zero-order valence-electron chi connectivity index (χ0n) is 13.3. The van der Waals surface area contributed by atoms with Crippen LogP contribution in [0.3, 0.4) is 0 Å². The molecule has 1 heterocycles. The van der Waals surface area contributed by atoms with Gasteiger partial charge in [-0.1, -0.05) is 49.7 Å². The number of halogens is 1. The lowest BCUT2D eigenvalue weighted by molar-refractivity contribution is 0.476. The zero-order chi connectivity index (χ0) is 16.6. The van der Waals surface area contributed by atoms with Crippen molar-refractivity contribution >= 4 is 11.6 Å². The van der Waals surface area contributed by atoms with Crippen molar-refractivity contribution in [1.29, 1.82) is 0 Å². The van der Waals surface area contributed by atoms with Crippen molar-refractivity contribution < 1.29 is 5.11 Å². The van der Waals surface area contributed by atoms with E-state index in [-0.39, 0.29) is 11.2 Å². The fourth-order valence-corrected chi connectivity index (χ4v) is 2.69. The number of benzene rings is 2. The van der Waals surface area contributed by atoms with Crippen LogP contribution in [0.5, 0.6) is 5.75 Å². The third-order valence-corrected chi connectivity index (χ3v) is 4.06. The van der Waals surface area contributed by atoms with E-state index in [0.717, 1.165) is 22.3 Å². The average Bonchev–Trinajstić information content (AvgIpc) is 3.01. The van der Waals surface area contributed by atoms with Crippen molar-refractivity contribution in [1.82, 2.24) is 15.4 Å². The maximum Gasteiger partial charge on any atom is 0.123 e. The molecule has 23 heavy (non-hydrogen) atoms. The topological polar surface area (TPSA) is 61.8 Å². The van der Waals surface area contributed by atoms with Gasteiger partial charge in [-0.15, -0.1) is 5.10 Å². The highest BCUT2D eigenvalue weighted by molar-refractivity contribution is 6.31. The SMILES string of the molecule is CC(C)(C)c1ccc(O)c(-c2ccc(Cl)cc2-c2c[nH]nn2)c1. The van der Waals surface area contributed by atoms with Gasteiger partial charge in [-0.3, -0.25) is 5.10 Å². The van der Waals surface area contributed by atoms with Crippen molar-refractivity contribution in [2.45, 2.75) is 26.2 Å². The highest BCUT2D eigenvalue weighted by Crippen LogP contribution is 2.39. The number of nitrogens with one attached hydrogen (secondary N) is 1. The molecule has 0 spiro atoms. The molecule has 118 valence electrons. The molecule has 2 N–H and O–H groups in total. The molecule has 1 aromatic heterocycles. The lowest BCUT2D eigenvalue weighted by Crippen LogP contribution is -2.10. The second-order valence-corrected chi connectivity index (χ2v) is 6.97. The van der Waals surface area contributed by atoms with E-state index in [2.05, 4.69) is 36.2 Å². The Morgan fingerprint density at radius 2 is 1.78 bits per heavy atom. The van der Waals surface area contributed by atoms with Crippen LogP contribution in [0.15, 0.2) is 42.6 Å². The Kier molecular flexibility index (Phi) is 3.86. The van der Waals surface area contributed by atoms with E-state index in [4.69, 9.17) is 11.6 Å².